The molecule has 0 atom stereocenters. The van der Waals surface area contributed by atoms with Gasteiger partial charge in [-0.15, -0.1) is 13.2 Å². The molecule has 0 saturated heterocycles. The maximum Gasteiger partial charge on any atom is 0.573 e. The normalized spacial score (nSPS) is 12.1. The molecule has 24 heavy (non-hydrogen) atoms. The van der Waals surface area contributed by atoms with Crippen LogP contribution >= 0.6 is 11.6 Å². The van der Waals surface area contributed by atoms with Gasteiger partial charge in [-0.05, 0) is 47.0 Å². The topological polar surface area (TPSA) is 26.3 Å². The van der Waals surface area contributed by atoms with E-state index in [2.05, 4.69) is 4.74 Å². The first-order valence-corrected chi connectivity index (χ1v) is 6.62. The highest BCUT2D eigenvalue weighted by atomic mass is 35.5. The van der Waals surface area contributed by atoms with Gasteiger partial charge in [-0.1, -0.05) is 18.2 Å². The van der Waals surface area contributed by atoms with E-state index in [0.717, 1.165) is 18.2 Å². The Bertz CT molecular complexity index is 750. The van der Waals surface area contributed by atoms with E-state index in [4.69, 9.17) is 11.6 Å². The summed E-state index contributed by atoms with van der Waals surface area (Å²) in [5, 5.41) is -1.26. The highest BCUT2D eigenvalue weighted by Crippen LogP contribution is 2.36. The van der Waals surface area contributed by atoms with Gasteiger partial charge in [0.25, 0.3) is 5.24 Å². The molecule has 2 aromatic rings. The first-order valence-electron chi connectivity index (χ1n) is 6.24. The molecule has 0 amide bonds. The van der Waals surface area contributed by atoms with Crippen molar-refractivity contribution < 1.29 is 35.9 Å². The summed E-state index contributed by atoms with van der Waals surface area (Å²) in [6.07, 6.45) is -9.68. The van der Waals surface area contributed by atoms with Crippen LogP contribution in [0.5, 0.6) is 5.75 Å². The lowest BCUT2D eigenvalue weighted by atomic mass is 9.99. The van der Waals surface area contributed by atoms with Crippen molar-refractivity contribution in [3.8, 4) is 16.9 Å². The van der Waals surface area contributed by atoms with Gasteiger partial charge in [0.05, 0.1) is 5.56 Å². The van der Waals surface area contributed by atoms with Crippen molar-refractivity contribution in [2.45, 2.75) is 12.5 Å². The lowest BCUT2D eigenvalue weighted by Gasteiger charge is -2.13. The summed E-state index contributed by atoms with van der Waals surface area (Å²) >= 11 is 5.13. The molecule has 0 N–H and O–H groups in total. The first kappa shape index (κ1) is 18.1. The zero-order chi connectivity index (χ0) is 18.1. The van der Waals surface area contributed by atoms with Gasteiger partial charge < -0.3 is 4.74 Å². The van der Waals surface area contributed by atoms with E-state index >= 15 is 0 Å². The Hall–Kier alpha value is -2.22. The molecular formula is C15H7ClF6O2. The number of hydrogen-bond acceptors (Lipinski definition) is 2. The van der Waals surface area contributed by atoms with Crippen molar-refractivity contribution in [3.05, 3.63) is 53.6 Å². The Morgan fingerprint density at radius 2 is 1.42 bits per heavy atom. The molecule has 0 fully saturated rings. The second-order valence-electron chi connectivity index (χ2n) is 4.60. The van der Waals surface area contributed by atoms with Gasteiger partial charge >= 0.3 is 12.5 Å². The second kappa shape index (κ2) is 6.35. The van der Waals surface area contributed by atoms with E-state index in [1.165, 1.54) is 18.2 Å². The van der Waals surface area contributed by atoms with Crippen molar-refractivity contribution in [2.24, 2.45) is 0 Å². The summed E-state index contributed by atoms with van der Waals surface area (Å²) < 4.78 is 78.9. The van der Waals surface area contributed by atoms with Gasteiger partial charge in [-0.2, -0.15) is 13.2 Å². The number of rotatable bonds is 3. The fourth-order valence-electron chi connectivity index (χ4n) is 1.98. The molecule has 0 aliphatic carbocycles. The Kier molecular flexibility index (Phi) is 4.80. The Morgan fingerprint density at radius 1 is 0.875 bits per heavy atom. The highest BCUT2D eigenvalue weighted by Gasteiger charge is 2.35. The van der Waals surface area contributed by atoms with E-state index in [9.17, 15) is 31.1 Å². The van der Waals surface area contributed by atoms with Gasteiger partial charge in [0.2, 0.25) is 0 Å². The fraction of sp³-hybridized carbons (Fsp3) is 0.133. The zero-order valence-electron chi connectivity index (χ0n) is 11.5. The van der Waals surface area contributed by atoms with Crippen LogP contribution in [0.3, 0.4) is 0 Å². The molecule has 128 valence electrons. The number of alkyl halides is 6. The average Bonchev–Trinajstić information content (AvgIpc) is 2.44. The molecule has 0 unspecified atom stereocenters. The molecule has 0 aliphatic rings. The smallest absolute Gasteiger partial charge is 0.406 e. The summed E-state index contributed by atoms with van der Waals surface area (Å²) in [5.74, 6) is -0.505. The van der Waals surface area contributed by atoms with Crippen LogP contribution in [-0.4, -0.2) is 11.6 Å². The van der Waals surface area contributed by atoms with Crippen LogP contribution < -0.4 is 4.74 Å². The van der Waals surface area contributed by atoms with Crippen molar-refractivity contribution in [3.63, 3.8) is 0 Å². The Labute approximate surface area is 136 Å². The van der Waals surface area contributed by atoms with Gasteiger partial charge in [0.1, 0.15) is 5.75 Å². The predicted octanol–water partition coefficient (Wildman–Crippen LogP) is 5.65. The molecule has 0 radical (unpaired) electrons. The minimum absolute atomic E-state index is 0.0579. The highest BCUT2D eigenvalue weighted by molar-refractivity contribution is 6.67. The predicted molar refractivity (Wildman–Crippen MR) is 73.7 cm³/mol. The number of hydrogen-bond donors (Lipinski definition) is 0. The lowest BCUT2D eigenvalue weighted by Crippen LogP contribution is -2.16. The molecule has 0 aromatic heterocycles. The largest absolute Gasteiger partial charge is 0.573 e. The quantitative estimate of drug-likeness (QED) is 0.517. The van der Waals surface area contributed by atoms with E-state index < -0.39 is 34.7 Å². The summed E-state index contributed by atoms with van der Waals surface area (Å²) in [6, 6.07) is 7.10. The summed E-state index contributed by atoms with van der Waals surface area (Å²) in [7, 11) is 0. The molecule has 0 bridgehead atoms. The fourth-order valence-corrected chi connectivity index (χ4v) is 2.14. The lowest BCUT2D eigenvalue weighted by molar-refractivity contribution is -0.274. The number of benzene rings is 2. The molecule has 2 rings (SSSR count). The van der Waals surface area contributed by atoms with E-state index in [1.807, 2.05) is 0 Å². The van der Waals surface area contributed by atoms with Crippen LogP contribution in [0.25, 0.3) is 11.1 Å². The molecule has 2 nitrogen and oxygen atoms in total. The van der Waals surface area contributed by atoms with Crippen LogP contribution in [-0.2, 0) is 6.18 Å². The van der Waals surface area contributed by atoms with Crippen molar-refractivity contribution in [1.29, 1.82) is 0 Å². The van der Waals surface area contributed by atoms with Gasteiger partial charge in [-0.3, -0.25) is 4.79 Å². The van der Waals surface area contributed by atoms with E-state index in [1.54, 1.807) is 0 Å². The third-order valence-electron chi connectivity index (χ3n) is 2.96. The van der Waals surface area contributed by atoms with E-state index in [0.29, 0.717) is 6.07 Å². The Balaban J connectivity index is 2.41. The maximum atomic E-state index is 13.0. The minimum Gasteiger partial charge on any atom is -0.406 e. The number of ether oxygens (including phenoxy) is 1. The molecule has 2 aromatic carbocycles. The SMILES string of the molecule is O=C(Cl)c1ccc(-c2ccc(OC(F)(F)F)cc2)cc1C(F)(F)F. The standard InChI is InChI=1S/C15H7ClF6O2/c16-13(23)11-6-3-9(7-12(11)14(17,18)19)8-1-4-10(5-2-8)24-15(20,21)22/h1-7H. The first-order chi connectivity index (χ1) is 11.0. The molecule has 0 aliphatic heterocycles. The van der Waals surface area contributed by atoms with Gasteiger partial charge in [-0.25, -0.2) is 0 Å². The van der Waals surface area contributed by atoms with Crippen LogP contribution in [0.15, 0.2) is 42.5 Å². The van der Waals surface area contributed by atoms with Crippen LogP contribution in [0, 0.1) is 0 Å². The zero-order valence-corrected chi connectivity index (χ0v) is 12.3. The number of halogens is 7. The summed E-state index contributed by atoms with van der Waals surface area (Å²) in [5.41, 5.74) is -1.66. The van der Waals surface area contributed by atoms with Crippen molar-refractivity contribution in [2.75, 3.05) is 0 Å². The van der Waals surface area contributed by atoms with Crippen LogP contribution in [0.1, 0.15) is 15.9 Å². The summed E-state index contributed by atoms with van der Waals surface area (Å²) in [4.78, 5) is 11.1. The third-order valence-corrected chi connectivity index (χ3v) is 3.16. The second-order valence-corrected chi connectivity index (χ2v) is 4.95. The Morgan fingerprint density at radius 3 is 1.88 bits per heavy atom. The van der Waals surface area contributed by atoms with Gasteiger partial charge in [0.15, 0.2) is 0 Å². The number of carbonyl (C=O) groups excluding carboxylic acids is 1. The number of carbonyl (C=O) groups is 1. The molecular weight excluding hydrogens is 362 g/mol. The van der Waals surface area contributed by atoms with Crippen LogP contribution in [0.2, 0.25) is 0 Å². The molecule has 0 spiro atoms. The maximum absolute atomic E-state index is 13.0. The average molecular weight is 369 g/mol. The molecule has 9 heteroatoms. The van der Waals surface area contributed by atoms with Gasteiger partial charge in [0, 0.05) is 5.56 Å². The molecule has 0 heterocycles. The third kappa shape index (κ3) is 4.41. The van der Waals surface area contributed by atoms with Crippen molar-refractivity contribution >= 4 is 16.8 Å². The molecule has 0 saturated carbocycles. The monoisotopic (exact) mass is 368 g/mol. The van der Waals surface area contributed by atoms with Crippen LogP contribution in [0.4, 0.5) is 26.3 Å². The van der Waals surface area contributed by atoms with E-state index in [-0.39, 0.29) is 11.1 Å². The van der Waals surface area contributed by atoms with Crippen molar-refractivity contribution in [1.82, 2.24) is 0 Å². The minimum atomic E-state index is -4.87. The summed E-state index contributed by atoms with van der Waals surface area (Å²) in [6.45, 7) is 0.